The molecule has 1 heterocycles. The number of benzene rings is 3. The molecule has 32 heavy (non-hydrogen) atoms. The lowest BCUT2D eigenvalue weighted by atomic mass is 10.1. The highest BCUT2D eigenvalue weighted by Gasteiger charge is 2.21. The van der Waals surface area contributed by atoms with Gasteiger partial charge in [0.2, 0.25) is 5.91 Å². The number of anilines is 1. The summed E-state index contributed by atoms with van der Waals surface area (Å²) in [6.45, 7) is 0.876. The van der Waals surface area contributed by atoms with Crippen LogP contribution in [0.5, 0.6) is 0 Å². The molecule has 0 radical (unpaired) electrons. The van der Waals surface area contributed by atoms with E-state index in [0.717, 1.165) is 16.7 Å². The Labute approximate surface area is 187 Å². The predicted octanol–water partition coefficient (Wildman–Crippen LogP) is 4.99. The third-order valence-corrected chi connectivity index (χ3v) is 5.08. The molecule has 0 fully saturated rings. The van der Waals surface area contributed by atoms with Crippen molar-refractivity contribution in [3.8, 4) is 0 Å². The number of hydrogen-bond donors (Lipinski definition) is 1. The van der Waals surface area contributed by atoms with Crippen molar-refractivity contribution in [3.05, 3.63) is 126 Å². The van der Waals surface area contributed by atoms with Crippen molar-refractivity contribution in [2.45, 2.75) is 19.5 Å². The van der Waals surface area contributed by atoms with Gasteiger partial charge in [-0.05, 0) is 41.0 Å². The van der Waals surface area contributed by atoms with E-state index in [1.54, 1.807) is 17.0 Å². The summed E-state index contributed by atoms with van der Waals surface area (Å²) < 4.78 is 5.35. The molecule has 2 amide bonds. The van der Waals surface area contributed by atoms with Crippen molar-refractivity contribution in [1.82, 2.24) is 5.32 Å². The number of nitrogens with zero attached hydrogens (tertiary/aromatic N) is 1. The molecule has 5 nitrogen and oxygen atoms in total. The van der Waals surface area contributed by atoms with E-state index in [0.29, 0.717) is 18.8 Å². The molecular formula is C27H24N2O3. The lowest BCUT2D eigenvalue weighted by Gasteiger charge is -2.22. The van der Waals surface area contributed by atoms with Crippen molar-refractivity contribution >= 4 is 17.5 Å². The van der Waals surface area contributed by atoms with E-state index in [2.05, 4.69) is 5.32 Å². The summed E-state index contributed by atoms with van der Waals surface area (Å²) in [7, 11) is 0. The minimum Gasteiger partial charge on any atom is -0.459 e. The van der Waals surface area contributed by atoms with Gasteiger partial charge in [0, 0.05) is 12.2 Å². The zero-order valence-corrected chi connectivity index (χ0v) is 17.6. The van der Waals surface area contributed by atoms with Gasteiger partial charge in [0.05, 0.1) is 19.2 Å². The summed E-state index contributed by atoms with van der Waals surface area (Å²) in [5.74, 6) is -0.0329. The highest BCUT2D eigenvalue weighted by Crippen LogP contribution is 2.22. The van der Waals surface area contributed by atoms with Crippen molar-refractivity contribution in [2.24, 2.45) is 0 Å². The summed E-state index contributed by atoms with van der Waals surface area (Å²) in [5.41, 5.74) is 3.59. The molecule has 0 aliphatic carbocycles. The van der Waals surface area contributed by atoms with Crippen LogP contribution in [-0.4, -0.2) is 11.8 Å². The van der Waals surface area contributed by atoms with Crippen LogP contribution in [0.25, 0.3) is 0 Å². The van der Waals surface area contributed by atoms with E-state index in [-0.39, 0.29) is 24.0 Å². The monoisotopic (exact) mass is 424 g/mol. The maximum atomic E-state index is 13.2. The number of rotatable bonds is 8. The molecule has 4 aromatic rings. The molecule has 3 aromatic carbocycles. The summed E-state index contributed by atoms with van der Waals surface area (Å²) in [6.07, 6.45) is 1.72. The maximum Gasteiger partial charge on any atom is 0.294 e. The van der Waals surface area contributed by atoms with Crippen molar-refractivity contribution in [1.29, 1.82) is 0 Å². The quantitative estimate of drug-likeness (QED) is 0.434. The van der Waals surface area contributed by atoms with Crippen LogP contribution in [0.1, 0.15) is 27.2 Å². The molecule has 1 N–H and O–H groups in total. The molecular weight excluding hydrogens is 400 g/mol. The summed E-state index contributed by atoms with van der Waals surface area (Å²) in [4.78, 5) is 27.3. The summed E-state index contributed by atoms with van der Waals surface area (Å²) >= 11 is 0. The van der Waals surface area contributed by atoms with Gasteiger partial charge in [-0.15, -0.1) is 0 Å². The largest absolute Gasteiger partial charge is 0.459 e. The number of amides is 2. The Morgan fingerprint density at radius 1 is 0.750 bits per heavy atom. The van der Waals surface area contributed by atoms with Crippen LogP contribution in [0.2, 0.25) is 0 Å². The van der Waals surface area contributed by atoms with Crippen LogP contribution in [0.3, 0.4) is 0 Å². The van der Waals surface area contributed by atoms with Gasteiger partial charge in [0.15, 0.2) is 5.76 Å². The number of nitrogens with one attached hydrogen (secondary N) is 1. The van der Waals surface area contributed by atoms with Gasteiger partial charge in [0.25, 0.3) is 5.91 Å². The minimum atomic E-state index is -0.232. The molecule has 0 aliphatic heterocycles. The first-order valence-corrected chi connectivity index (χ1v) is 10.5. The van der Waals surface area contributed by atoms with E-state index in [1.165, 1.54) is 6.26 Å². The van der Waals surface area contributed by atoms with E-state index < -0.39 is 0 Å². The maximum absolute atomic E-state index is 13.2. The van der Waals surface area contributed by atoms with Gasteiger partial charge in [-0.1, -0.05) is 72.8 Å². The lowest BCUT2D eigenvalue weighted by Crippen LogP contribution is -2.30. The molecule has 1 aromatic heterocycles. The van der Waals surface area contributed by atoms with Gasteiger partial charge in [0.1, 0.15) is 0 Å². The Bertz CT molecular complexity index is 1160. The van der Waals surface area contributed by atoms with Gasteiger partial charge in [-0.3, -0.25) is 9.59 Å². The number of carbonyl (C=O) groups is 2. The fourth-order valence-corrected chi connectivity index (χ4v) is 3.46. The molecule has 0 unspecified atom stereocenters. The van der Waals surface area contributed by atoms with E-state index in [9.17, 15) is 9.59 Å². The Kier molecular flexibility index (Phi) is 6.78. The summed E-state index contributed by atoms with van der Waals surface area (Å²) in [5, 5.41) is 2.95. The van der Waals surface area contributed by atoms with Crippen molar-refractivity contribution < 1.29 is 14.0 Å². The molecule has 0 spiro atoms. The number of carbonyl (C=O) groups excluding carboxylic acids is 2. The highest BCUT2D eigenvalue weighted by atomic mass is 16.3. The number of furan rings is 1. The van der Waals surface area contributed by atoms with Crippen LogP contribution in [0.15, 0.2) is 108 Å². The second kappa shape index (κ2) is 10.3. The average Bonchev–Trinajstić information content (AvgIpc) is 3.37. The first-order chi connectivity index (χ1) is 15.7. The van der Waals surface area contributed by atoms with E-state index >= 15 is 0 Å². The van der Waals surface area contributed by atoms with Gasteiger partial charge in [-0.2, -0.15) is 0 Å². The fraction of sp³-hybridized carbons (Fsp3) is 0.111. The molecule has 0 aliphatic rings. The summed E-state index contributed by atoms with van der Waals surface area (Å²) in [6, 6.07) is 30.4. The first kappa shape index (κ1) is 21.1. The smallest absolute Gasteiger partial charge is 0.294 e. The predicted molar refractivity (Wildman–Crippen MR) is 124 cm³/mol. The van der Waals surface area contributed by atoms with Crippen LogP contribution in [0, 0.1) is 0 Å². The Morgan fingerprint density at radius 3 is 2.12 bits per heavy atom. The molecule has 0 saturated carbocycles. The van der Waals surface area contributed by atoms with E-state index in [1.807, 2.05) is 84.9 Å². The van der Waals surface area contributed by atoms with Gasteiger partial charge >= 0.3 is 0 Å². The molecule has 0 atom stereocenters. The lowest BCUT2D eigenvalue weighted by molar-refractivity contribution is -0.120. The number of hydrogen-bond acceptors (Lipinski definition) is 3. The Balaban J connectivity index is 1.51. The standard InChI is InChI=1S/C27H24N2O3/c30-26(28-19-21-9-3-1-4-10-21)18-23-13-7-14-24(17-23)29(20-22-11-5-2-6-12-22)27(31)25-15-8-16-32-25/h1-17H,18-20H2,(H,28,30). The van der Waals surface area contributed by atoms with Gasteiger partial charge < -0.3 is 14.6 Å². The van der Waals surface area contributed by atoms with Crippen LogP contribution >= 0.6 is 0 Å². The molecule has 160 valence electrons. The molecule has 0 bridgehead atoms. The third-order valence-electron chi connectivity index (χ3n) is 5.08. The molecule has 0 saturated heterocycles. The van der Waals surface area contributed by atoms with Gasteiger partial charge in [-0.25, -0.2) is 0 Å². The molecule has 5 heteroatoms. The topological polar surface area (TPSA) is 62.6 Å². The second-order valence-corrected chi connectivity index (χ2v) is 7.46. The third kappa shape index (κ3) is 5.52. The van der Waals surface area contributed by atoms with E-state index in [4.69, 9.17) is 4.42 Å². The van der Waals surface area contributed by atoms with Crippen LogP contribution in [-0.2, 0) is 24.3 Å². The van der Waals surface area contributed by atoms with Crippen molar-refractivity contribution in [2.75, 3.05) is 4.90 Å². The molecule has 4 rings (SSSR count). The van der Waals surface area contributed by atoms with Crippen molar-refractivity contribution in [3.63, 3.8) is 0 Å². The second-order valence-electron chi connectivity index (χ2n) is 7.46. The normalized spacial score (nSPS) is 10.5. The first-order valence-electron chi connectivity index (χ1n) is 10.5. The fourth-order valence-electron chi connectivity index (χ4n) is 3.46. The van der Waals surface area contributed by atoms with Crippen LogP contribution < -0.4 is 10.2 Å². The zero-order valence-electron chi connectivity index (χ0n) is 17.6. The SMILES string of the molecule is O=C(Cc1cccc(N(Cc2ccccc2)C(=O)c2ccco2)c1)NCc1ccccc1. The minimum absolute atomic E-state index is 0.0713. The highest BCUT2D eigenvalue weighted by molar-refractivity contribution is 6.04. The van der Waals surface area contributed by atoms with Crippen LogP contribution in [0.4, 0.5) is 5.69 Å². The Morgan fingerprint density at radius 2 is 1.44 bits per heavy atom. The average molecular weight is 425 g/mol. The Hall–Kier alpha value is -4.12. The zero-order chi connectivity index (χ0) is 22.2.